The molecule has 0 bridgehead atoms. The lowest BCUT2D eigenvalue weighted by molar-refractivity contribution is -0.118. The number of aryl methyl sites for hydroxylation is 1. The standard InChI is InChI=1S/C22H30N6O5S2/c1-15-13-16(9-10-18(15)28(34(3,30)31)35(4,32)33)24-22-23-14-19-21(25-22)27(17-7-5-6-8-17)12-11-20(29)26(19)2/h9-10,13-14,17H,5-8,11-12H2,1-4H3,(H,23,24,25). The van der Waals surface area contributed by atoms with Gasteiger partial charge in [-0.25, -0.2) is 21.8 Å². The molecule has 1 aliphatic heterocycles. The number of amides is 1. The number of nitrogens with one attached hydrogen (secondary N) is 1. The second kappa shape index (κ2) is 9.26. The van der Waals surface area contributed by atoms with Crippen molar-refractivity contribution in [2.45, 2.75) is 45.1 Å². The summed E-state index contributed by atoms with van der Waals surface area (Å²) in [6.45, 7) is 2.22. The first-order chi connectivity index (χ1) is 16.4. The number of fused-ring (bicyclic) bond motifs is 1. The SMILES string of the molecule is Cc1cc(Nc2ncc3c(n2)N(C2CCCC2)CCC(=O)N3C)ccc1N(S(C)(=O)=O)S(C)(=O)=O. The molecule has 13 heteroatoms. The van der Waals surface area contributed by atoms with Crippen molar-refractivity contribution in [1.82, 2.24) is 9.97 Å². The van der Waals surface area contributed by atoms with E-state index in [0.717, 1.165) is 38.2 Å². The van der Waals surface area contributed by atoms with E-state index in [1.807, 2.05) is 0 Å². The molecule has 2 heterocycles. The molecule has 35 heavy (non-hydrogen) atoms. The largest absolute Gasteiger partial charge is 0.351 e. The summed E-state index contributed by atoms with van der Waals surface area (Å²) in [6, 6.07) is 4.97. The highest BCUT2D eigenvalue weighted by Crippen LogP contribution is 2.36. The van der Waals surface area contributed by atoms with Gasteiger partial charge in [-0.15, -0.1) is 0 Å². The Balaban J connectivity index is 1.67. The maximum atomic E-state index is 12.5. The Morgan fingerprint density at radius 3 is 2.34 bits per heavy atom. The van der Waals surface area contributed by atoms with Gasteiger partial charge in [0.25, 0.3) is 0 Å². The lowest BCUT2D eigenvalue weighted by Gasteiger charge is -2.30. The van der Waals surface area contributed by atoms with Gasteiger partial charge < -0.3 is 15.1 Å². The van der Waals surface area contributed by atoms with Crippen LogP contribution in [0, 0.1) is 6.92 Å². The van der Waals surface area contributed by atoms with E-state index in [4.69, 9.17) is 4.98 Å². The maximum absolute atomic E-state index is 12.5. The summed E-state index contributed by atoms with van der Waals surface area (Å²) in [7, 11) is -6.36. The highest BCUT2D eigenvalue weighted by atomic mass is 32.3. The van der Waals surface area contributed by atoms with E-state index in [0.29, 0.717) is 51.4 Å². The Kier molecular flexibility index (Phi) is 6.66. The zero-order chi connectivity index (χ0) is 25.5. The molecular weight excluding hydrogens is 492 g/mol. The monoisotopic (exact) mass is 522 g/mol. The first-order valence-electron chi connectivity index (χ1n) is 11.3. The van der Waals surface area contributed by atoms with Crippen LogP contribution in [0.15, 0.2) is 24.4 Å². The second-order valence-electron chi connectivity index (χ2n) is 9.09. The molecule has 0 radical (unpaired) electrons. The van der Waals surface area contributed by atoms with Crippen LogP contribution < -0.4 is 18.8 Å². The summed E-state index contributed by atoms with van der Waals surface area (Å²) in [6.07, 6.45) is 8.15. The predicted molar refractivity (Wildman–Crippen MR) is 136 cm³/mol. The number of sulfonamides is 2. The molecular formula is C22H30N6O5S2. The van der Waals surface area contributed by atoms with Crippen LogP contribution in [0.4, 0.5) is 28.8 Å². The van der Waals surface area contributed by atoms with Crippen molar-refractivity contribution in [3.8, 4) is 0 Å². The lowest BCUT2D eigenvalue weighted by Crippen LogP contribution is -2.35. The molecule has 1 aliphatic carbocycles. The number of anilines is 5. The van der Waals surface area contributed by atoms with E-state index < -0.39 is 20.0 Å². The normalized spacial score (nSPS) is 17.3. The molecule has 1 aromatic heterocycles. The van der Waals surface area contributed by atoms with Gasteiger partial charge in [-0.3, -0.25) is 4.79 Å². The Labute approximate surface area is 206 Å². The van der Waals surface area contributed by atoms with Gasteiger partial charge in [0.15, 0.2) is 5.82 Å². The Morgan fingerprint density at radius 2 is 1.74 bits per heavy atom. The van der Waals surface area contributed by atoms with E-state index in [1.165, 1.54) is 6.07 Å². The first kappa shape index (κ1) is 25.2. The predicted octanol–water partition coefficient (Wildman–Crippen LogP) is 2.37. The number of aromatic nitrogens is 2. The average Bonchev–Trinajstić information content (AvgIpc) is 3.24. The van der Waals surface area contributed by atoms with Crippen molar-refractivity contribution in [2.75, 3.05) is 44.9 Å². The van der Waals surface area contributed by atoms with Crippen LogP contribution in [0.25, 0.3) is 0 Å². The number of rotatable bonds is 6. The highest BCUT2D eigenvalue weighted by Gasteiger charge is 2.32. The number of hydrogen-bond donors (Lipinski definition) is 1. The van der Waals surface area contributed by atoms with E-state index in [2.05, 4.69) is 15.2 Å². The second-order valence-corrected chi connectivity index (χ2v) is 13.0. The van der Waals surface area contributed by atoms with Crippen LogP contribution in [-0.2, 0) is 24.8 Å². The number of benzene rings is 1. The van der Waals surface area contributed by atoms with Gasteiger partial charge in [0, 0.05) is 31.7 Å². The third kappa shape index (κ3) is 5.20. The molecule has 1 N–H and O–H groups in total. The van der Waals surface area contributed by atoms with Crippen LogP contribution >= 0.6 is 0 Å². The van der Waals surface area contributed by atoms with Crippen molar-refractivity contribution >= 4 is 54.8 Å². The molecule has 1 fully saturated rings. The maximum Gasteiger partial charge on any atom is 0.245 e. The minimum Gasteiger partial charge on any atom is -0.351 e. The molecule has 4 rings (SSSR count). The Bertz CT molecular complexity index is 1320. The summed E-state index contributed by atoms with van der Waals surface area (Å²) in [5.74, 6) is 1.05. The van der Waals surface area contributed by atoms with Gasteiger partial charge in [-0.05, 0) is 43.5 Å². The summed E-state index contributed by atoms with van der Waals surface area (Å²) in [5.41, 5.74) is 1.72. The molecule has 0 saturated heterocycles. The molecule has 0 atom stereocenters. The van der Waals surface area contributed by atoms with Gasteiger partial charge in [-0.1, -0.05) is 12.8 Å². The topological polar surface area (TPSA) is 133 Å². The molecule has 2 aromatic rings. The first-order valence-corrected chi connectivity index (χ1v) is 15.0. The number of carbonyl (C=O) groups excluding carboxylic acids is 1. The fourth-order valence-corrected chi connectivity index (χ4v) is 7.83. The molecule has 0 unspecified atom stereocenters. The zero-order valence-corrected chi connectivity index (χ0v) is 21.9. The van der Waals surface area contributed by atoms with Crippen molar-refractivity contribution in [2.24, 2.45) is 0 Å². The third-order valence-corrected chi connectivity index (χ3v) is 9.56. The van der Waals surface area contributed by atoms with Crippen molar-refractivity contribution < 1.29 is 21.6 Å². The van der Waals surface area contributed by atoms with Crippen molar-refractivity contribution in [3.05, 3.63) is 30.0 Å². The molecule has 190 valence electrons. The fourth-order valence-electron chi connectivity index (χ4n) is 4.74. The van der Waals surface area contributed by atoms with E-state index in [1.54, 1.807) is 37.2 Å². The molecule has 1 saturated carbocycles. The third-order valence-electron chi connectivity index (χ3n) is 6.34. The number of carbonyl (C=O) groups is 1. The highest BCUT2D eigenvalue weighted by molar-refractivity contribution is 8.09. The Morgan fingerprint density at radius 1 is 1.09 bits per heavy atom. The molecule has 1 amide bonds. The zero-order valence-electron chi connectivity index (χ0n) is 20.2. The van der Waals surface area contributed by atoms with Crippen LogP contribution in [0.5, 0.6) is 0 Å². The summed E-state index contributed by atoms with van der Waals surface area (Å²) in [4.78, 5) is 25.5. The minimum absolute atomic E-state index is 0.0172. The van der Waals surface area contributed by atoms with Crippen molar-refractivity contribution in [1.29, 1.82) is 0 Å². The fraction of sp³-hybridized carbons (Fsp3) is 0.500. The van der Waals surface area contributed by atoms with Gasteiger partial charge in [0.1, 0.15) is 5.69 Å². The minimum atomic E-state index is -4.05. The summed E-state index contributed by atoms with van der Waals surface area (Å²) >= 11 is 0. The van der Waals surface area contributed by atoms with E-state index in [-0.39, 0.29) is 11.6 Å². The van der Waals surface area contributed by atoms with Crippen LogP contribution in [0.2, 0.25) is 0 Å². The van der Waals surface area contributed by atoms with Gasteiger partial charge >= 0.3 is 0 Å². The van der Waals surface area contributed by atoms with Gasteiger partial charge in [-0.2, -0.15) is 8.69 Å². The van der Waals surface area contributed by atoms with Gasteiger partial charge in [0.05, 0.1) is 24.4 Å². The molecule has 2 aliphatic rings. The van der Waals surface area contributed by atoms with Crippen LogP contribution in [0.1, 0.15) is 37.7 Å². The molecule has 11 nitrogen and oxygen atoms in total. The van der Waals surface area contributed by atoms with Crippen molar-refractivity contribution in [3.63, 3.8) is 0 Å². The molecule has 1 aromatic carbocycles. The number of hydrogen-bond acceptors (Lipinski definition) is 9. The van der Waals surface area contributed by atoms with E-state index >= 15 is 0 Å². The molecule has 0 spiro atoms. The quantitative estimate of drug-likeness (QED) is 0.607. The van der Waals surface area contributed by atoms with Gasteiger partial charge in [0.2, 0.25) is 31.9 Å². The summed E-state index contributed by atoms with van der Waals surface area (Å²) < 4.78 is 49.0. The Hall–Kier alpha value is -2.93. The summed E-state index contributed by atoms with van der Waals surface area (Å²) in [5, 5.41) is 3.13. The van der Waals surface area contributed by atoms with Crippen LogP contribution in [0.3, 0.4) is 0 Å². The smallest absolute Gasteiger partial charge is 0.245 e. The van der Waals surface area contributed by atoms with E-state index in [9.17, 15) is 21.6 Å². The van der Waals surface area contributed by atoms with Crippen LogP contribution in [-0.4, -0.2) is 64.9 Å². The average molecular weight is 523 g/mol. The lowest BCUT2D eigenvalue weighted by atomic mass is 10.2. The number of nitrogens with zero attached hydrogens (tertiary/aromatic N) is 5.